The summed E-state index contributed by atoms with van der Waals surface area (Å²) in [6.45, 7) is 9.56. The van der Waals surface area contributed by atoms with Crippen molar-refractivity contribution in [1.82, 2.24) is 60.0 Å². The number of alkyl halides is 3. The van der Waals surface area contributed by atoms with E-state index in [0.29, 0.717) is 62.9 Å². The van der Waals surface area contributed by atoms with Gasteiger partial charge in [-0.15, -0.1) is 0 Å². The number of nitrogens with one attached hydrogen (secondary N) is 3. The number of piperidine rings is 1. The number of nitrogens with zero attached hydrogens (tertiary/aromatic N) is 9. The van der Waals surface area contributed by atoms with Gasteiger partial charge in [0.05, 0.1) is 43.8 Å². The monoisotopic (exact) mass is 1420 g/mol. The number of methoxy groups -OCH3 is 1. The smallest absolute Gasteiger partial charge is 0.417 e. The van der Waals surface area contributed by atoms with Crippen LogP contribution in [0.1, 0.15) is 142 Å². The topological polar surface area (TPSA) is 279 Å². The van der Waals surface area contributed by atoms with Crippen molar-refractivity contribution >= 4 is 82.5 Å². The van der Waals surface area contributed by atoms with Gasteiger partial charge in [0.2, 0.25) is 70.9 Å². The van der Waals surface area contributed by atoms with Crippen molar-refractivity contribution in [2.24, 2.45) is 17.8 Å². The molecule has 1 spiro atoms. The highest BCUT2D eigenvalue weighted by Crippen LogP contribution is 2.37. The zero-order valence-corrected chi connectivity index (χ0v) is 61.3. The summed E-state index contributed by atoms with van der Waals surface area (Å²) in [7, 11) is 11.1. The number of halogens is 4. The van der Waals surface area contributed by atoms with E-state index < -0.39 is 173 Å². The first-order chi connectivity index (χ1) is 47.0. The Kier molecular flexibility index (Phi) is 28.7. The summed E-state index contributed by atoms with van der Waals surface area (Å²) in [6.07, 6.45) is -1.43. The Morgan fingerprint density at radius 2 is 1.25 bits per heavy atom. The third-order valence-corrected chi connectivity index (χ3v) is 20.5. The Morgan fingerprint density at radius 3 is 1.83 bits per heavy atom. The van der Waals surface area contributed by atoms with E-state index in [1.807, 2.05) is 20.8 Å². The second-order valence-electron chi connectivity index (χ2n) is 28.3. The van der Waals surface area contributed by atoms with Crippen LogP contribution in [0.4, 0.5) is 13.2 Å². The molecule has 8 atom stereocenters. The number of hydrogen-bond acceptors (Lipinski definition) is 13. The minimum atomic E-state index is -4.77. The highest BCUT2D eigenvalue weighted by Gasteiger charge is 2.51. The number of fused-ring (bicyclic) bond motifs is 1. The summed E-state index contributed by atoms with van der Waals surface area (Å²) >= 11 is 6.14. The third-order valence-electron chi connectivity index (χ3n) is 20.2. The molecule has 0 bridgehead atoms. The molecule has 4 fully saturated rings. The third kappa shape index (κ3) is 20.2. The number of benzene rings is 2. The standard InChI is InChI=1S/C71H104ClF3N12O13/c1-15-45(6)60-67(97)81(9)41-58(90)79(7)42-59(91)83(11)54(38-47-23-27-48(100-14)28-24-47)65(95)80(8)40-56(88)76-51(30-26-46-25-29-49(50(72)37-46)71(73,74)75)64(94)87-35-21-22-52(87)63(93)78-70(31-17-18-32-70)69(99)85(13)61(44(4)5)68(98)84(12)55(66(96)86-33-19-16-20-34-86)39-57(89)82(10)53(36-43(2)3)62(92)77-60/h23-25,27-29,37,43-45,51-55,60-61H,15-22,26,30-36,38-42H2,1-14H3,(H,76,88)(H,77,92)(H,78,93)/t45-,51-,52?,53-,54-,55-,60-,61-/m0/s1. The number of ether oxygens (including phenoxy) is 1. The van der Waals surface area contributed by atoms with E-state index in [-0.39, 0.29) is 63.0 Å². The van der Waals surface area contributed by atoms with E-state index in [4.69, 9.17) is 16.3 Å². The van der Waals surface area contributed by atoms with Crippen LogP contribution in [0.2, 0.25) is 5.02 Å². The van der Waals surface area contributed by atoms with Crippen LogP contribution in [0.25, 0.3) is 0 Å². The molecule has 4 aliphatic rings. The molecule has 25 nitrogen and oxygen atoms in total. The van der Waals surface area contributed by atoms with Crippen LogP contribution in [0.3, 0.4) is 0 Å². The van der Waals surface area contributed by atoms with Gasteiger partial charge in [0.25, 0.3) is 0 Å². The zero-order chi connectivity index (χ0) is 74.4. The molecule has 6 rings (SSSR count). The molecule has 29 heteroatoms. The fourth-order valence-electron chi connectivity index (χ4n) is 13.8. The predicted molar refractivity (Wildman–Crippen MR) is 367 cm³/mol. The molecular formula is C71H104ClF3N12O13. The van der Waals surface area contributed by atoms with Crippen molar-refractivity contribution in [3.63, 3.8) is 0 Å². The van der Waals surface area contributed by atoms with Crippen molar-refractivity contribution in [1.29, 1.82) is 0 Å². The van der Waals surface area contributed by atoms with Crippen molar-refractivity contribution < 1.29 is 75.4 Å². The van der Waals surface area contributed by atoms with E-state index >= 15 is 19.2 Å². The number of amides is 12. The van der Waals surface area contributed by atoms with Crippen LogP contribution in [-0.4, -0.2) is 259 Å². The molecule has 1 saturated carbocycles. The summed E-state index contributed by atoms with van der Waals surface area (Å²) in [5.74, 6) is -9.16. The summed E-state index contributed by atoms with van der Waals surface area (Å²) in [5, 5.41) is 8.01. The lowest BCUT2D eigenvalue weighted by atomic mass is 9.91. The van der Waals surface area contributed by atoms with Gasteiger partial charge in [-0.1, -0.05) is 90.6 Å². The second-order valence-corrected chi connectivity index (χ2v) is 28.7. The summed E-state index contributed by atoms with van der Waals surface area (Å²) in [6, 6.07) is 0.617. The van der Waals surface area contributed by atoms with Crippen molar-refractivity contribution in [3.8, 4) is 5.75 Å². The molecule has 554 valence electrons. The van der Waals surface area contributed by atoms with Gasteiger partial charge < -0.3 is 64.8 Å². The lowest BCUT2D eigenvalue weighted by molar-refractivity contribution is -0.156. The van der Waals surface area contributed by atoms with Crippen LogP contribution >= 0.6 is 11.6 Å². The highest BCUT2D eigenvalue weighted by molar-refractivity contribution is 6.31. The molecule has 2 aromatic carbocycles. The van der Waals surface area contributed by atoms with Crippen LogP contribution in [-0.2, 0) is 76.6 Å². The number of carbonyl (C=O) groups is 12. The molecule has 0 radical (unpaired) electrons. The van der Waals surface area contributed by atoms with Crippen molar-refractivity contribution in [2.75, 3.05) is 95.7 Å². The Balaban J connectivity index is 1.43. The van der Waals surface area contributed by atoms with Crippen LogP contribution in [0.15, 0.2) is 42.5 Å². The van der Waals surface area contributed by atoms with Gasteiger partial charge in [0, 0.05) is 75.4 Å². The van der Waals surface area contributed by atoms with E-state index in [1.165, 1.54) is 82.1 Å². The Bertz CT molecular complexity index is 3290. The summed E-state index contributed by atoms with van der Waals surface area (Å²) in [5.41, 5.74) is -1.85. The van der Waals surface area contributed by atoms with Gasteiger partial charge in [0.15, 0.2) is 0 Å². The zero-order valence-electron chi connectivity index (χ0n) is 60.5. The van der Waals surface area contributed by atoms with E-state index in [1.54, 1.807) is 49.9 Å². The van der Waals surface area contributed by atoms with Gasteiger partial charge in [0.1, 0.15) is 53.6 Å². The molecule has 3 aliphatic heterocycles. The maximum atomic E-state index is 15.4. The molecule has 1 aliphatic carbocycles. The molecular weight excluding hydrogens is 1320 g/mol. The van der Waals surface area contributed by atoms with Gasteiger partial charge >= 0.3 is 6.18 Å². The largest absolute Gasteiger partial charge is 0.497 e. The molecule has 1 unspecified atom stereocenters. The second kappa shape index (κ2) is 35.5. The Hall–Kier alpha value is -8.04. The highest BCUT2D eigenvalue weighted by atomic mass is 35.5. The number of hydrogen-bond donors (Lipinski definition) is 3. The molecule has 3 saturated heterocycles. The van der Waals surface area contributed by atoms with E-state index in [0.717, 1.165) is 38.2 Å². The maximum absolute atomic E-state index is 15.4. The molecule has 0 aromatic heterocycles. The molecule has 12 amide bonds. The van der Waals surface area contributed by atoms with Crippen molar-refractivity contribution in [3.05, 3.63) is 64.2 Å². The average Bonchev–Trinajstić information content (AvgIpc) is 1.66. The minimum absolute atomic E-state index is 0.00774. The summed E-state index contributed by atoms with van der Waals surface area (Å²) < 4.78 is 46.9. The normalized spacial score (nSPS) is 24.7. The average molecular weight is 1430 g/mol. The lowest BCUT2D eigenvalue weighted by Gasteiger charge is -2.42. The maximum Gasteiger partial charge on any atom is 0.417 e. The predicted octanol–water partition coefficient (Wildman–Crippen LogP) is 4.78. The van der Waals surface area contributed by atoms with Crippen LogP contribution < -0.4 is 20.7 Å². The van der Waals surface area contributed by atoms with Gasteiger partial charge in [-0.25, -0.2) is 0 Å². The first kappa shape index (κ1) is 80.9. The van der Waals surface area contributed by atoms with Gasteiger partial charge in [-0.2, -0.15) is 13.2 Å². The number of aryl methyl sites for hydroxylation is 1. The molecule has 2 aromatic rings. The fourth-order valence-corrected chi connectivity index (χ4v) is 14.1. The lowest BCUT2D eigenvalue weighted by Crippen LogP contribution is -2.65. The Morgan fingerprint density at radius 1 is 0.650 bits per heavy atom. The Labute approximate surface area is 590 Å². The fraction of sp³-hybridized carbons (Fsp3) is 0.662. The van der Waals surface area contributed by atoms with Crippen LogP contribution in [0.5, 0.6) is 5.75 Å². The van der Waals surface area contributed by atoms with E-state index in [2.05, 4.69) is 16.0 Å². The molecule has 3 N–H and O–H groups in total. The number of likely N-dealkylation sites (N-methyl/N-ethyl adjacent to an activating group) is 7. The van der Waals surface area contributed by atoms with Gasteiger partial charge in [-0.05, 0) is 117 Å². The number of likely N-dealkylation sites (tertiary alicyclic amines) is 1. The van der Waals surface area contributed by atoms with Gasteiger partial charge in [-0.3, -0.25) is 57.5 Å². The number of rotatable bonds is 12. The molecule has 100 heavy (non-hydrogen) atoms. The van der Waals surface area contributed by atoms with Crippen LogP contribution in [0, 0.1) is 17.8 Å². The molecule has 3 heterocycles. The number of carbonyl (C=O) groups excluding carboxylic acids is 12. The minimum Gasteiger partial charge on any atom is -0.497 e. The van der Waals surface area contributed by atoms with Crippen molar-refractivity contribution in [2.45, 2.75) is 192 Å². The first-order valence-corrected chi connectivity index (χ1v) is 35.1. The van der Waals surface area contributed by atoms with E-state index in [9.17, 15) is 51.5 Å². The first-order valence-electron chi connectivity index (χ1n) is 34.8. The summed E-state index contributed by atoms with van der Waals surface area (Å²) in [4.78, 5) is 189. The quantitative estimate of drug-likeness (QED) is 0.258. The SMILES string of the molecule is CC[C@H](C)[C@@H]1NC(=O)[C@H](CC(C)C)N(C)C(=O)C[C@@H](C(=O)N2CCCCC2)N(C)C(=O)[C@H](C(C)C)N(C)C(=O)C2(CCCC2)NC(=O)C2CCCN2C(=O)[C@H](CCc2ccc(C(F)(F)F)c(Cl)c2)NC(=O)CN(C)C(=O)[C@H](Cc2ccc(OC)cc2)N(C)C(=O)CN(C)C(=O)CN(C)C1=O.